The average molecular weight is 403 g/mol. The van der Waals surface area contributed by atoms with Gasteiger partial charge in [0.25, 0.3) is 5.91 Å². The molecular weight excluding hydrogens is 382 g/mol. The Morgan fingerprint density at radius 1 is 1.14 bits per heavy atom. The highest BCUT2D eigenvalue weighted by molar-refractivity contribution is 7.12. The molecule has 1 aliphatic heterocycles. The molecule has 0 spiro atoms. The van der Waals surface area contributed by atoms with E-state index in [0.29, 0.717) is 35.2 Å². The summed E-state index contributed by atoms with van der Waals surface area (Å²) in [6.45, 7) is 4.05. The SMILES string of the molecule is CC(C)[C@@H](NC(=O)c1cccs1)C(=O)OCC(=O)c1ccc2c(c1)OCCO2. The summed E-state index contributed by atoms with van der Waals surface area (Å²) in [5, 5.41) is 4.45. The molecule has 148 valence electrons. The van der Waals surface area contributed by atoms with Crippen LogP contribution in [0.5, 0.6) is 11.5 Å². The number of benzene rings is 1. The molecule has 2 aromatic rings. The lowest BCUT2D eigenvalue weighted by atomic mass is 10.0. The van der Waals surface area contributed by atoms with Crippen LogP contribution < -0.4 is 14.8 Å². The normalized spacial score (nSPS) is 13.7. The molecule has 0 bridgehead atoms. The van der Waals surface area contributed by atoms with Crippen LogP contribution in [0.25, 0.3) is 0 Å². The number of Topliss-reactive ketones (excluding diaryl/α,β-unsaturated/α-hetero) is 1. The standard InChI is InChI=1S/C20H21NO6S/c1-12(2)18(21-19(23)17-4-3-9-28-17)20(24)27-11-14(22)13-5-6-15-16(10-13)26-8-7-25-15/h3-6,9-10,12,18H,7-8,11H2,1-2H3,(H,21,23)/t18-/m1/s1. The molecule has 2 heterocycles. The Labute approximate surface area is 166 Å². The van der Waals surface area contributed by atoms with Crippen molar-refractivity contribution in [2.75, 3.05) is 19.8 Å². The molecule has 7 nitrogen and oxygen atoms in total. The van der Waals surface area contributed by atoms with Gasteiger partial charge in [-0.2, -0.15) is 0 Å². The third-order valence-electron chi connectivity index (χ3n) is 4.16. The molecule has 0 radical (unpaired) electrons. The first kappa shape index (κ1) is 19.9. The molecule has 1 atom stereocenters. The van der Waals surface area contributed by atoms with E-state index < -0.39 is 18.6 Å². The zero-order chi connectivity index (χ0) is 20.1. The number of fused-ring (bicyclic) bond motifs is 1. The molecule has 1 aromatic heterocycles. The molecule has 3 rings (SSSR count). The first-order valence-electron chi connectivity index (χ1n) is 8.89. The molecule has 8 heteroatoms. The van der Waals surface area contributed by atoms with E-state index in [-0.39, 0.29) is 17.6 Å². The van der Waals surface area contributed by atoms with Crippen molar-refractivity contribution >= 4 is 29.0 Å². The van der Waals surface area contributed by atoms with E-state index in [9.17, 15) is 14.4 Å². The number of nitrogens with one attached hydrogen (secondary N) is 1. The van der Waals surface area contributed by atoms with Gasteiger partial charge in [-0.3, -0.25) is 9.59 Å². The van der Waals surface area contributed by atoms with Crippen molar-refractivity contribution in [2.45, 2.75) is 19.9 Å². The van der Waals surface area contributed by atoms with Crippen molar-refractivity contribution in [2.24, 2.45) is 5.92 Å². The Hall–Kier alpha value is -2.87. The second kappa shape index (κ2) is 8.88. The van der Waals surface area contributed by atoms with E-state index in [4.69, 9.17) is 14.2 Å². The average Bonchev–Trinajstić information content (AvgIpc) is 3.24. The lowest BCUT2D eigenvalue weighted by Crippen LogP contribution is -2.45. The second-order valence-electron chi connectivity index (χ2n) is 6.56. The lowest BCUT2D eigenvalue weighted by Gasteiger charge is -2.20. The van der Waals surface area contributed by atoms with Crippen LogP contribution in [-0.2, 0) is 9.53 Å². The van der Waals surface area contributed by atoms with Crippen molar-refractivity contribution in [3.8, 4) is 11.5 Å². The first-order valence-corrected chi connectivity index (χ1v) is 9.77. The van der Waals surface area contributed by atoms with Crippen LogP contribution in [0.3, 0.4) is 0 Å². The third kappa shape index (κ3) is 4.69. The Morgan fingerprint density at radius 2 is 1.89 bits per heavy atom. The van der Waals surface area contributed by atoms with E-state index >= 15 is 0 Å². The number of thiophene rings is 1. The predicted octanol–water partition coefficient (Wildman–Crippen LogP) is 2.70. The number of carbonyl (C=O) groups excluding carboxylic acids is 3. The quantitative estimate of drug-likeness (QED) is 0.565. The highest BCUT2D eigenvalue weighted by Gasteiger charge is 2.27. The summed E-state index contributed by atoms with van der Waals surface area (Å²) in [7, 11) is 0. The fourth-order valence-electron chi connectivity index (χ4n) is 2.64. The molecule has 0 fully saturated rings. The fourth-order valence-corrected chi connectivity index (χ4v) is 3.27. The maximum Gasteiger partial charge on any atom is 0.329 e. The van der Waals surface area contributed by atoms with Gasteiger partial charge in [0.05, 0.1) is 4.88 Å². The maximum absolute atomic E-state index is 12.4. The van der Waals surface area contributed by atoms with Crippen LogP contribution in [0.2, 0.25) is 0 Å². The van der Waals surface area contributed by atoms with E-state index in [1.807, 2.05) is 0 Å². The van der Waals surface area contributed by atoms with Crippen LogP contribution in [0, 0.1) is 5.92 Å². The van der Waals surface area contributed by atoms with Crippen molar-refractivity contribution in [3.63, 3.8) is 0 Å². The van der Waals surface area contributed by atoms with Gasteiger partial charge in [0.1, 0.15) is 19.3 Å². The van der Waals surface area contributed by atoms with Gasteiger partial charge in [-0.05, 0) is 35.6 Å². The fraction of sp³-hybridized carbons (Fsp3) is 0.350. The highest BCUT2D eigenvalue weighted by atomic mass is 32.1. The molecule has 28 heavy (non-hydrogen) atoms. The summed E-state index contributed by atoms with van der Waals surface area (Å²) in [5.41, 5.74) is 0.362. The minimum absolute atomic E-state index is 0.194. The van der Waals surface area contributed by atoms with E-state index in [1.165, 1.54) is 11.3 Å². The van der Waals surface area contributed by atoms with Gasteiger partial charge in [-0.15, -0.1) is 11.3 Å². The van der Waals surface area contributed by atoms with Crippen molar-refractivity contribution < 1.29 is 28.6 Å². The van der Waals surface area contributed by atoms with Crippen molar-refractivity contribution in [1.82, 2.24) is 5.32 Å². The largest absolute Gasteiger partial charge is 0.486 e. The van der Waals surface area contributed by atoms with E-state index in [0.717, 1.165) is 0 Å². The summed E-state index contributed by atoms with van der Waals surface area (Å²) in [6, 6.07) is 7.41. The van der Waals surface area contributed by atoms with Gasteiger partial charge >= 0.3 is 5.97 Å². The van der Waals surface area contributed by atoms with Crippen molar-refractivity contribution in [3.05, 3.63) is 46.2 Å². The minimum Gasteiger partial charge on any atom is -0.486 e. The molecule has 1 aliphatic rings. The number of hydrogen-bond donors (Lipinski definition) is 1. The summed E-state index contributed by atoms with van der Waals surface area (Å²) >= 11 is 1.28. The topological polar surface area (TPSA) is 90.9 Å². The maximum atomic E-state index is 12.4. The van der Waals surface area contributed by atoms with Crippen molar-refractivity contribution in [1.29, 1.82) is 0 Å². The van der Waals surface area contributed by atoms with Gasteiger partial charge in [-0.1, -0.05) is 19.9 Å². The van der Waals surface area contributed by atoms with Crippen LogP contribution in [0.15, 0.2) is 35.7 Å². The monoisotopic (exact) mass is 403 g/mol. The smallest absolute Gasteiger partial charge is 0.329 e. The van der Waals surface area contributed by atoms with Crippen LogP contribution in [-0.4, -0.2) is 43.5 Å². The molecular formula is C20H21NO6S. The van der Waals surface area contributed by atoms with Crippen LogP contribution in [0.4, 0.5) is 0 Å². The van der Waals surface area contributed by atoms with Crippen LogP contribution >= 0.6 is 11.3 Å². The molecule has 0 aliphatic carbocycles. The summed E-state index contributed by atoms with van der Waals surface area (Å²) in [4.78, 5) is 37.5. The second-order valence-corrected chi connectivity index (χ2v) is 7.51. The Kier molecular flexibility index (Phi) is 6.30. The van der Waals surface area contributed by atoms with Crippen LogP contribution in [0.1, 0.15) is 33.9 Å². The van der Waals surface area contributed by atoms with Gasteiger partial charge in [0.2, 0.25) is 0 Å². The molecule has 0 saturated carbocycles. The molecule has 1 N–H and O–H groups in total. The summed E-state index contributed by atoms with van der Waals surface area (Å²) in [5.74, 6) is -0.476. The van der Waals surface area contributed by atoms with Gasteiger partial charge < -0.3 is 19.5 Å². The lowest BCUT2D eigenvalue weighted by molar-refractivity contribution is -0.145. The number of hydrogen-bond acceptors (Lipinski definition) is 7. The molecule has 0 unspecified atom stereocenters. The number of carbonyl (C=O) groups is 3. The van der Waals surface area contributed by atoms with E-state index in [1.54, 1.807) is 49.6 Å². The first-order chi connectivity index (χ1) is 13.5. The summed E-state index contributed by atoms with van der Waals surface area (Å²) < 4.78 is 16.1. The number of esters is 1. The summed E-state index contributed by atoms with van der Waals surface area (Å²) in [6.07, 6.45) is 0. The zero-order valence-corrected chi connectivity index (χ0v) is 16.4. The Balaban J connectivity index is 1.59. The van der Waals surface area contributed by atoms with E-state index in [2.05, 4.69) is 5.32 Å². The zero-order valence-electron chi connectivity index (χ0n) is 15.6. The predicted molar refractivity (Wildman–Crippen MR) is 103 cm³/mol. The molecule has 0 saturated heterocycles. The number of ketones is 1. The number of amides is 1. The number of rotatable bonds is 7. The number of ether oxygens (including phenoxy) is 3. The highest BCUT2D eigenvalue weighted by Crippen LogP contribution is 2.30. The molecule has 1 aromatic carbocycles. The van der Waals surface area contributed by atoms with Gasteiger partial charge in [0, 0.05) is 5.56 Å². The molecule has 1 amide bonds. The van der Waals surface area contributed by atoms with Gasteiger partial charge in [-0.25, -0.2) is 4.79 Å². The third-order valence-corrected chi connectivity index (χ3v) is 5.03. The Morgan fingerprint density at radius 3 is 2.57 bits per heavy atom. The van der Waals surface area contributed by atoms with Gasteiger partial charge in [0.15, 0.2) is 23.9 Å². The minimum atomic E-state index is -0.845. The Bertz CT molecular complexity index is 862.